The van der Waals surface area contributed by atoms with Crippen molar-refractivity contribution >= 4 is 17.3 Å². The van der Waals surface area contributed by atoms with Gasteiger partial charge in [0.25, 0.3) is 5.91 Å². The summed E-state index contributed by atoms with van der Waals surface area (Å²) in [6, 6.07) is 15.6. The molecule has 114 valence electrons. The predicted octanol–water partition coefficient (Wildman–Crippen LogP) is 3.68. The number of rotatable bonds is 5. The Morgan fingerprint density at radius 2 is 1.68 bits per heavy atom. The number of aryl methyl sites for hydroxylation is 2. The molecule has 2 aromatic carbocycles. The molecule has 0 aliphatic rings. The minimum absolute atomic E-state index is 0.113. The van der Waals surface area contributed by atoms with E-state index in [4.69, 9.17) is 4.84 Å². The number of nitrogens with one attached hydrogen (secondary N) is 1. The lowest BCUT2D eigenvalue weighted by Crippen LogP contribution is -2.18. The maximum Gasteiger partial charge on any atom is 0.265 e. The van der Waals surface area contributed by atoms with Crippen molar-refractivity contribution in [2.75, 3.05) is 11.9 Å². The van der Waals surface area contributed by atoms with Crippen molar-refractivity contribution in [3.05, 3.63) is 65.2 Å². The first-order chi connectivity index (χ1) is 10.6. The summed E-state index contributed by atoms with van der Waals surface area (Å²) in [4.78, 5) is 17.1. The first kappa shape index (κ1) is 15.8. The number of carbonyl (C=O) groups excluding carboxylic acids is 1. The molecule has 22 heavy (non-hydrogen) atoms. The number of anilines is 1. The summed E-state index contributed by atoms with van der Waals surface area (Å²) in [6.07, 6.45) is 0. The van der Waals surface area contributed by atoms with Crippen LogP contribution in [0.3, 0.4) is 0 Å². The van der Waals surface area contributed by atoms with Crippen LogP contribution in [0.5, 0.6) is 0 Å². The summed E-state index contributed by atoms with van der Waals surface area (Å²) >= 11 is 0. The molecule has 2 aromatic rings. The lowest BCUT2D eigenvalue weighted by molar-refractivity contribution is -0.120. The van der Waals surface area contributed by atoms with Crippen LogP contribution in [0.1, 0.15) is 23.6 Å². The summed E-state index contributed by atoms with van der Waals surface area (Å²) < 4.78 is 0. The van der Waals surface area contributed by atoms with Gasteiger partial charge < -0.3 is 10.2 Å². The van der Waals surface area contributed by atoms with Crippen molar-refractivity contribution in [3.63, 3.8) is 0 Å². The first-order valence-corrected chi connectivity index (χ1v) is 7.16. The SMILES string of the molecule is C/C(=N/OCC(=O)Nc1c(C)cccc1C)c1ccccc1. The molecule has 4 heteroatoms. The monoisotopic (exact) mass is 296 g/mol. The van der Waals surface area contributed by atoms with Gasteiger partial charge in [-0.05, 0) is 37.5 Å². The second-order valence-corrected chi connectivity index (χ2v) is 5.13. The maximum atomic E-state index is 11.9. The van der Waals surface area contributed by atoms with Crippen molar-refractivity contribution < 1.29 is 9.63 Å². The molecule has 2 rings (SSSR count). The third-order valence-electron chi connectivity index (χ3n) is 3.33. The Labute approximate surface area is 130 Å². The molecule has 0 atom stereocenters. The summed E-state index contributed by atoms with van der Waals surface area (Å²) in [5.74, 6) is -0.220. The van der Waals surface area contributed by atoms with Crippen molar-refractivity contribution in [2.24, 2.45) is 5.16 Å². The van der Waals surface area contributed by atoms with Crippen molar-refractivity contribution in [1.29, 1.82) is 0 Å². The topological polar surface area (TPSA) is 50.7 Å². The Morgan fingerprint density at radius 1 is 1.05 bits per heavy atom. The molecule has 4 nitrogen and oxygen atoms in total. The minimum Gasteiger partial charge on any atom is -0.385 e. The molecule has 0 bridgehead atoms. The number of benzene rings is 2. The Hall–Kier alpha value is -2.62. The van der Waals surface area contributed by atoms with Gasteiger partial charge in [0.05, 0.1) is 5.71 Å². The number of hydrogen-bond donors (Lipinski definition) is 1. The molecule has 0 aromatic heterocycles. The van der Waals surface area contributed by atoms with Crippen LogP contribution in [0, 0.1) is 13.8 Å². The molecule has 1 N–H and O–H groups in total. The van der Waals surface area contributed by atoms with E-state index in [-0.39, 0.29) is 12.5 Å². The van der Waals surface area contributed by atoms with E-state index in [0.717, 1.165) is 28.1 Å². The summed E-state index contributed by atoms with van der Waals surface area (Å²) in [7, 11) is 0. The highest BCUT2D eigenvalue weighted by atomic mass is 16.6. The van der Waals surface area contributed by atoms with E-state index in [1.165, 1.54) is 0 Å². The van der Waals surface area contributed by atoms with E-state index in [2.05, 4.69) is 10.5 Å². The van der Waals surface area contributed by atoms with Crippen LogP contribution in [0.2, 0.25) is 0 Å². The van der Waals surface area contributed by atoms with E-state index < -0.39 is 0 Å². The molecule has 0 fully saturated rings. The Bertz CT molecular complexity index is 658. The molecule has 0 radical (unpaired) electrons. The van der Waals surface area contributed by atoms with Crippen molar-refractivity contribution in [2.45, 2.75) is 20.8 Å². The molecule has 0 unspecified atom stereocenters. The highest BCUT2D eigenvalue weighted by Gasteiger charge is 2.07. The van der Waals surface area contributed by atoms with Crippen LogP contribution in [0.4, 0.5) is 5.69 Å². The fourth-order valence-electron chi connectivity index (χ4n) is 2.11. The van der Waals surface area contributed by atoms with Crippen LogP contribution in [-0.4, -0.2) is 18.2 Å². The van der Waals surface area contributed by atoms with E-state index in [1.54, 1.807) is 0 Å². The fraction of sp³-hybridized carbons (Fsp3) is 0.222. The quantitative estimate of drug-likeness (QED) is 0.676. The highest BCUT2D eigenvalue weighted by Crippen LogP contribution is 2.19. The maximum absolute atomic E-state index is 11.9. The van der Waals surface area contributed by atoms with Crippen LogP contribution >= 0.6 is 0 Å². The number of hydrogen-bond acceptors (Lipinski definition) is 3. The second-order valence-electron chi connectivity index (χ2n) is 5.13. The lowest BCUT2D eigenvalue weighted by Gasteiger charge is -2.10. The van der Waals surface area contributed by atoms with Gasteiger partial charge in [-0.1, -0.05) is 53.7 Å². The third-order valence-corrected chi connectivity index (χ3v) is 3.33. The number of amides is 1. The zero-order valence-corrected chi connectivity index (χ0v) is 13.1. The molecule has 0 aliphatic carbocycles. The van der Waals surface area contributed by atoms with Gasteiger partial charge in [-0.3, -0.25) is 4.79 Å². The summed E-state index contributed by atoms with van der Waals surface area (Å²) in [5.41, 5.74) is 4.59. The average Bonchev–Trinajstić information content (AvgIpc) is 2.52. The number of para-hydroxylation sites is 1. The highest BCUT2D eigenvalue weighted by molar-refractivity contribution is 5.98. The number of nitrogens with zero attached hydrogens (tertiary/aromatic N) is 1. The minimum atomic E-state index is -0.220. The zero-order valence-electron chi connectivity index (χ0n) is 13.1. The fourth-order valence-corrected chi connectivity index (χ4v) is 2.11. The zero-order chi connectivity index (χ0) is 15.9. The van der Waals surface area contributed by atoms with Gasteiger partial charge in [0.15, 0.2) is 6.61 Å². The van der Waals surface area contributed by atoms with Crippen LogP contribution in [0.15, 0.2) is 53.7 Å². The first-order valence-electron chi connectivity index (χ1n) is 7.16. The second kappa shape index (κ2) is 7.41. The molecule has 0 saturated carbocycles. The van der Waals surface area contributed by atoms with E-state index in [0.29, 0.717) is 0 Å². The van der Waals surface area contributed by atoms with Gasteiger partial charge in [0.1, 0.15) is 0 Å². The Balaban J connectivity index is 1.91. The Morgan fingerprint density at radius 3 is 2.32 bits per heavy atom. The predicted molar refractivity (Wildman–Crippen MR) is 89.2 cm³/mol. The van der Waals surface area contributed by atoms with E-state index >= 15 is 0 Å². The molecule has 0 spiro atoms. The van der Waals surface area contributed by atoms with Crippen molar-refractivity contribution in [3.8, 4) is 0 Å². The molecular formula is C18H20N2O2. The van der Waals surface area contributed by atoms with Crippen LogP contribution in [0.25, 0.3) is 0 Å². The molecule has 0 aliphatic heterocycles. The molecule has 0 heterocycles. The summed E-state index contributed by atoms with van der Waals surface area (Å²) in [6.45, 7) is 5.65. The van der Waals surface area contributed by atoms with Gasteiger partial charge in [-0.2, -0.15) is 0 Å². The third kappa shape index (κ3) is 4.19. The van der Waals surface area contributed by atoms with Gasteiger partial charge in [-0.15, -0.1) is 0 Å². The normalized spacial score (nSPS) is 11.1. The van der Waals surface area contributed by atoms with E-state index in [9.17, 15) is 4.79 Å². The average molecular weight is 296 g/mol. The largest absolute Gasteiger partial charge is 0.385 e. The van der Waals surface area contributed by atoms with Crippen LogP contribution in [-0.2, 0) is 9.63 Å². The number of carbonyl (C=O) groups is 1. The van der Waals surface area contributed by atoms with Gasteiger partial charge >= 0.3 is 0 Å². The lowest BCUT2D eigenvalue weighted by atomic mass is 10.1. The van der Waals surface area contributed by atoms with E-state index in [1.807, 2.05) is 69.3 Å². The van der Waals surface area contributed by atoms with Crippen LogP contribution < -0.4 is 5.32 Å². The molecular weight excluding hydrogens is 276 g/mol. The summed E-state index contributed by atoms with van der Waals surface area (Å²) in [5, 5.41) is 6.84. The van der Waals surface area contributed by atoms with Gasteiger partial charge in [-0.25, -0.2) is 0 Å². The smallest absolute Gasteiger partial charge is 0.265 e. The Kier molecular flexibility index (Phi) is 5.31. The standard InChI is InChI=1S/C18H20N2O2/c1-13-8-7-9-14(2)18(13)19-17(21)12-22-20-15(3)16-10-5-4-6-11-16/h4-11H,12H2,1-3H3,(H,19,21)/b20-15-. The molecule has 0 saturated heterocycles. The molecule has 1 amide bonds. The van der Waals surface area contributed by atoms with Gasteiger partial charge in [0, 0.05) is 5.69 Å². The number of oxime groups is 1. The van der Waals surface area contributed by atoms with Gasteiger partial charge in [0.2, 0.25) is 0 Å². The van der Waals surface area contributed by atoms with Crippen molar-refractivity contribution in [1.82, 2.24) is 0 Å².